The summed E-state index contributed by atoms with van der Waals surface area (Å²) in [5, 5.41) is 14.9. The van der Waals surface area contributed by atoms with Crippen molar-refractivity contribution in [3.63, 3.8) is 0 Å². The minimum absolute atomic E-state index is 0.177. The van der Waals surface area contributed by atoms with E-state index in [1.165, 1.54) is 4.88 Å². The number of nitrogens with one attached hydrogen (secondary N) is 1. The molecular weight excluding hydrogens is 266 g/mol. The van der Waals surface area contributed by atoms with Crippen molar-refractivity contribution in [2.45, 2.75) is 33.7 Å². The van der Waals surface area contributed by atoms with E-state index < -0.39 is 0 Å². The molecular formula is C16H19N3S. The van der Waals surface area contributed by atoms with Crippen molar-refractivity contribution in [1.29, 1.82) is 5.26 Å². The average molecular weight is 285 g/mol. The molecule has 0 radical (unpaired) electrons. The molecule has 0 saturated heterocycles. The highest BCUT2D eigenvalue weighted by molar-refractivity contribution is 7.10. The molecule has 0 spiro atoms. The zero-order valence-electron chi connectivity index (χ0n) is 12.3. The molecule has 2 rings (SSSR count). The molecule has 1 unspecified atom stereocenters. The maximum absolute atomic E-state index is 9.34. The van der Waals surface area contributed by atoms with Crippen LogP contribution >= 0.6 is 11.3 Å². The molecule has 2 aromatic rings. The van der Waals surface area contributed by atoms with Crippen molar-refractivity contribution in [2.24, 2.45) is 5.92 Å². The Morgan fingerprint density at radius 1 is 1.35 bits per heavy atom. The summed E-state index contributed by atoms with van der Waals surface area (Å²) in [7, 11) is 0. The summed E-state index contributed by atoms with van der Waals surface area (Å²) in [5.41, 5.74) is 2.53. The molecule has 0 aliphatic rings. The van der Waals surface area contributed by atoms with Crippen LogP contribution in [0.4, 0.5) is 5.82 Å². The second-order valence-electron chi connectivity index (χ2n) is 5.30. The molecule has 0 aromatic carbocycles. The second-order valence-corrected chi connectivity index (χ2v) is 6.28. The first-order chi connectivity index (χ1) is 9.52. The first-order valence-electron chi connectivity index (χ1n) is 6.71. The van der Waals surface area contributed by atoms with E-state index >= 15 is 0 Å². The fraction of sp³-hybridized carbons (Fsp3) is 0.375. The fourth-order valence-electron chi connectivity index (χ4n) is 2.26. The van der Waals surface area contributed by atoms with Crippen LogP contribution in [0.25, 0.3) is 0 Å². The number of hydrogen-bond acceptors (Lipinski definition) is 4. The molecule has 0 saturated carbocycles. The number of nitriles is 1. The Bertz CT molecular complexity index is 624. The normalized spacial score (nSPS) is 12.2. The van der Waals surface area contributed by atoms with Gasteiger partial charge in [-0.2, -0.15) is 5.26 Å². The van der Waals surface area contributed by atoms with E-state index in [9.17, 15) is 5.26 Å². The predicted octanol–water partition coefficient (Wildman–Crippen LogP) is 4.44. The van der Waals surface area contributed by atoms with E-state index in [1.54, 1.807) is 11.3 Å². The first kappa shape index (κ1) is 14.5. The van der Waals surface area contributed by atoms with Crippen molar-refractivity contribution in [2.75, 3.05) is 5.32 Å². The third-order valence-corrected chi connectivity index (χ3v) is 4.22. The van der Waals surface area contributed by atoms with Gasteiger partial charge in [0, 0.05) is 10.6 Å². The third kappa shape index (κ3) is 3.00. The first-order valence-corrected chi connectivity index (χ1v) is 7.59. The summed E-state index contributed by atoms with van der Waals surface area (Å²) in [4.78, 5) is 5.78. The summed E-state index contributed by atoms with van der Waals surface area (Å²) in [6, 6.07) is 8.55. The Labute approximate surface area is 124 Å². The standard InChI is InChI=1S/C16H19N3S/c1-10(2)15(14-6-5-7-20-14)19-16-13(9-17)11(3)8-12(4)18-16/h5-8,10,15H,1-4H3,(H,18,19). The molecule has 0 bridgehead atoms. The number of aromatic nitrogens is 1. The van der Waals surface area contributed by atoms with E-state index in [2.05, 4.69) is 47.7 Å². The Hall–Kier alpha value is -1.86. The van der Waals surface area contributed by atoms with Crippen LogP contribution in [0.3, 0.4) is 0 Å². The van der Waals surface area contributed by atoms with Crippen molar-refractivity contribution in [3.05, 3.63) is 45.3 Å². The number of hydrogen-bond donors (Lipinski definition) is 1. The minimum atomic E-state index is 0.177. The zero-order chi connectivity index (χ0) is 14.7. The fourth-order valence-corrected chi connectivity index (χ4v) is 3.21. The van der Waals surface area contributed by atoms with Gasteiger partial charge in [0.15, 0.2) is 0 Å². The summed E-state index contributed by atoms with van der Waals surface area (Å²) in [6.45, 7) is 8.25. The number of aryl methyl sites for hydroxylation is 2. The van der Waals surface area contributed by atoms with Crippen LogP contribution in [-0.2, 0) is 0 Å². The maximum Gasteiger partial charge on any atom is 0.145 e. The van der Waals surface area contributed by atoms with Gasteiger partial charge in [-0.3, -0.25) is 0 Å². The van der Waals surface area contributed by atoms with E-state index in [4.69, 9.17) is 0 Å². The molecule has 3 nitrogen and oxygen atoms in total. The van der Waals surface area contributed by atoms with Crippen molar-refractivity contribution >= 4 is 17.2 Å². The molecule has 20 heavy (non-hydrogen) atoms. The number of anilines is 1. The van der Waals surface area contributed by atoms with Crippen molar-refractivity contribution in [3.8, 4) is 6.07 Å². The average Bonchev–Trinajstić information content (AvgIpc) is 2.88. The topological polar surface area (TPSA) is 48.7 Å². The zero-order valence-corrected chi connectivity index (χ0v) is 13.1. The Morgan fingerprint density at radius 2 is 2.10 bits per heavy atom. The van der Waals surface area contributed by atoms with Crippen molar-refractivity contribution in [1.82, 2.24) is 4.98 Å². The van der Waals surface area contributed by atoms with Crippen LogP contribution < -0.4 is 5.32 Å². The molecule has 4 heteroatoms. The van der Waals surface area contributed by atoms with Gasteiger partial charge in [-0.25, -0.2) is 4.98 Å². The second kappa shape index (κ2) is 6.06. The predicted molar refractivity (Wildman–Crippen MR) is 83.9 cm³/mol. The number of pyridine rings is 1. The highest BCUT2D eigenvalue weighted by Gasteiger charge is 2.19. The van der Waals surface area contributed by atoms with Crippen LogP contribution in [0.5, 0.6) is 0 Å². The van der Waals surface area contributed by atoms with Gasteiger partial charge >= 0.3 is 0 Å². The molecule has 2 heterocycles. The quantitative estimate of drug-likeness (QED) is 0.903. The van der Waals surface area contributed by atoms with Crippen LogP contribution in [-0.4, -0.2) is 4.98 Å². The third-order valence-electron chi connectivity index (χ3n) is 3.27. The SMILES string of the molecule is Cc1cc(C)c(C#N)c(NC(c2cccs2)C(C)C)n1. The molecule has 0 fully saturated rings. The molecule has 104 valence electrons. The van der Waals surface area contributed by atoms with Crippen LogP contribution in [0.1, 0.15) is 41.6 Å². The lowest BCUT2D eigenvalue weighted by Crippen LogP contribution is -2.17. The highest BCUT2D eigenvalue weighted by Crippen LogP contribution is 2.30. The van der Waals surface area contributed by atoms with Gasteiger partial charge in [0.25, 0.3) is 0 Å². The highest BCUT2D eigenvalue weighted by atomic mass is 32.1. The summed E-state index contributed by atoms with van der Waals surface area (Å²) >= 11 is 1.73. The van der Waals surface area contributed by atoms with Gasteiger partial charge in [-0.05, 0) is 42.8 Å². The van der Waals surface area contributed by atoms with Crippen LogP contribution in [0, 0.1) is 31.1 Å². The Kier molecular flexibility index (Phi) is 4.41. The summed E-state index contributed by atoms with van der Waals surface area (Å²) in [5.74, 6) is 1.11. The lowest BCUT2D eigenvalue weighted by molar-refractivity contribution is 0.551. The molecule has 0 aliphatic carbocycles. The van der Waals surface area contributed by atoms with Crippen LogP contribution in [0.15, 0.2) is 23.6 Å². The van der Waals surface area contributed by atoms with Gasteiger partial charge in [0.2, 0.25) is 0 Å². The van der Waals surface area contributed by atoms with Gasteiger partial charge in [0.1, 0.15) is 11.9 Å². The number of rotatable bonds is 4. The van der Waals surface area contributed by atoms with Gasteiger partial charge in [0.05, 0.1) is 11.6 Å². The molecule has 0 aliphatic heterocycles. The lowest BCUT2D eigenvalue weighted by atomic mass is 10.0. The smallest absolute Gasteiger partial charge is 0.145 e. The van der Waals surface area contributed by atoms with Gasteiger partial charge < -0.3 is 5.32 Å². The minimum Gasteiger partial charge on any atom is -0.361 e. The van der Waals surface area contributed by atoms with E-state index in [1.807, 2.05) is 19.9 Å². The van der Waals surface area contributed by atoms with E-state index in [0.717, 1.165) is 11.3 Å². The van der Waals surface area contributed by atoms with E-state index in [-0.39, 0.29) is 6.04 Å². The molecule has 1 N–H and O–H groups in total. The lowest BCUT2D eigenvalue weighted by Gasteiger charge is -2.23. The Balaban J connectivity index is 2.40. The molecule has 0 amide bonds. The van der Waals surface area contributed by atoms with Gasteiger partial charge in [-0.15, -0.1) is 11.3 Å². The number of nitrogens with zero attached hydrogens (tertiary/aromatic N) is 2. The van der Waals surface area contributed by atoms with E-state index in [0.29, 0.717) is 17.3 Å². The van der Waals surface area contributed by atoms with Crippen molar-refractivity contribution < 1.29 is 0 Å². The van der Waals surface area contributed by atoms with Crippen LogP contribution in [0.2, 0.25) is 0 Å². The van der Waals surface area contributed by atoms with Gasteiger partial charge in [-0.1, -0.05) is 19.9 Å². The number of thiophene rings is 1. The summed E-state index contributed by atoms with van der Waals surface area (Å²) in [6.07, 6.45) is 0. The maximum atomic E-state index is 9.34. The molecule has 1 atom stereocenters. The Morgan fingerprint density at radius 3 is 2.65 bits per heavy atom. The summed E-state index contributed by atoms with van der Waals surface area (Å²) < 4.78 is 0. The molecule has 2 aromatic heterocycles. The monoisotopic (exact) mass is 285 g/mol. The largest absolute Gasteiger partial charge is 0.361 e.